The normalized spacial score (nSPS) is 24.3. The summed E-state index contributed by atoms with van der Waals surface area (Å²) in [5, 5.41) is 63.7. The quantitative estimate of drug-likeness (QED) is 0.0192. The lowest BCUT2D eigenvalue weighted by Crippen LogP contribution is -2.64. The van der Waals surface area contributed by atoms with Crippen LogP contribution in [-0.2, 0) is 18.4 Å². The first-order valence-electron chi connectivity index (χ1n) is 21.1. The summed E-state index contributed by atoms with van der Waals surface area (Å²) in [5.74, 6) is -0.343. The van der Waals surface area contributed by atoms with E-state index >= 15 is 0 Å². The lowest BCUT2D eigenvalue weighted by Gasteiger charge is -2.41. The SMILES string of the molecule is CCCCCCCCCCCCCCCC/C=C/[C@@H](O)[C@H](COP(=O)(O)OC1C(O)C(O)C(O)[C@@H](O)C1O)NC(=O)CCCCCCCCCCCC. The van der Waals surface area contributed by atoms with Crippen LogP contribution in [0, 0.1) is 0 Å². The van der Waals surface area contributed by atoms with Gasteiger partial charge in [-0.2, -0.15) is 0 Å². The molecule has 1 rings (SSSR count). The highest BCUT2D eigenvalue weighted by Gasteiger charge is 2.51. The highest BCUT2D eigenvalue weighted by atomic mass is 31.2. The van der Waals surface area contributed by atoms with E-state index in [1.165, 1.54) is 115 Å². The Morgan fingerprint density at radius 1 is 0.623 bits per heavy atom. The van der Waals surface area contributed by atoms with Crippen molar-refractivity contribution < 1.29 is 53.9 Å². The average Bonchev–Trinajstić information content (AvgIpc) is 3.13. The van der Waals surface area contributed by atoms with Crippen molar-refractivity contribution in [2.45, 2.75) is 230 Å². The number of rotatable bonds is 34. The molecule has 0 saturated heterocycles. The molecule has 12 nitrogen and oxygen atoms in total. The number of nitrogens with one attached hydrogen (secondary N) is 1. The first kappa shape index (κ1) is 50.1. The first-order valence-corrected chi connectivity index (χ1v) is 22.6. The van der Waals surface area contributed by atoms with Gasteiger partial charge in [0, 0.05) is 6.42 Å². The summed E-state index contributed by atoms with van der Waals surface area (Å²) in [7, 11) is -5.07. The number of hydrogen-bond donors (Lipinski definition) is 8. The Balaban J connectivity index is 2.54. The predicted octanol–water partition coefficient (Wildman–Crippen LogP) is 6.89. The van der Waals surface area contributed by atoms with E-state index in [0.717, 1.165) is 44.9 Å². The zero-order chi connectivity index (χ0) is 39.3. The molecule has 0 heterocycles. The van der Waals surface area contributed by atoms with Crippen LogP contribution in [0.1, 0.15) is 181 Å². The van der Waals surface area contributed by atoms with Crippen LogP contribution >= 0.6 is 7.82 Å². The van der Waals surface area contributed by atoms with Crippen LogP contribution in [0.25, 0.3) is 0 Å². The summed E-state index contributed by atoms with van der Waals surface area (Å²) in [6, 6.07) is -1.11. The van der Waals surface area contributed by atoms with E-state index in [0.29, 0.717) is 6.42 Å². The van der Waals surface area contributed by atoms with Crippen LogP contribution in [0.5, 0.6) is 0 Å². The van der Waals surface area contributed by atoms with Crippen molar-refractivity contribution in [1.29, 1.82) is 0 Å². The zero-order valence-corrected chi connectivity index (χ0v) is 34.0. The molecular weight excluding hydrogens is 701 g/mol. The molecule has 0 aliphatic heterocycles. The maximum atomic E-state index is 12.8. The second-order valence-corrected chi connectivity index (χ2v) is 16.6. The van der Waals surface area contributed by atoms with E-state index < -0.39 is 63.2 Å². The zero-order valence-electron chi connectivity index (χ0n) is 33.1. The molecule has 314 valence electrons. The van der Waals surface area contributed by atoms with Gasteiger partial charge in [-0.3, -0.25) is 13.8 Å². The second-order valence-electron chi connectivity index (χ2n) is 15.2. The summed E-state index contributed by atoms with van der Waals surface area (Å²) in [6.07, 6.45) is 20.1. The molecule has 0 radical (unpaired) electrons. The molecule has 9 atom stereocenters. The lowest BCUT2D eigenvalue weighted by molar-refractivity contribution is -0.220. The Kier molecular flexibility index (Phi) is 29.5. The number of carbonyl (C=O) groups is 1. The summed E-state index contributed by atoms with van der Waals surface area (Å²) < 4.78 is 22.8. The van der Waals surface area contributed by atoms with E-state index in [1.54, 1.807) is 0 Å². The Hall–Kier alpha value is -0.920. The van der Waals surface area contributed by atoms with Gasteiger partial charge in [-0.05, 0) is 19.3 Å². The van der Waals surface area contributed by atoms with Crippen LogP contribution < -0.4 is 5.32 Å². The smallest absolute Gasteiger partial charge is 0.387 e. The van der Waals surface area contributed by atoms with Gasteiger partial charge in [0.2, 0.25) is 5.91 Å². The monoisotopic (exact) mass is 780 g/mol. The van der Waals surface area contributed by atoms with E-state index in [9.17, 15) is 44.9 Å². The highest BCUT2D eigenvalue weighted by Crippen LogP contribution is 2.47. The van der Waals surface area contributed by atoms with E-state index in [1.807, 2.05) is 6.08 Å². The fourth-order valence-corrected chi connectivity index (χ4v) is 7.75. The minimum Gasteiger partial charge on any atom is -0.387 e. The molecule has 53 heavy (non-hydrogen) atoms. The van der Waals surface area contributed by atoms with Crippen molar-refractivity contribution in [2.75, 3.05) is 6.61 Å². The molecule has 1 fully saturated rings. The number of unbranched alkanes of at least 4 members (excludes halogenated alkanes) is 23. The largest absolute Gasteiger partial charge is 0.472 e. The van der Waals surface area contributed by atoms with Crippen molar-refractivity contribution in [2.24, 2.45) is 0 Å². The third-order valence-corrected chi connectivity index (χ3v) is 11.3. The number of phosphoric acid groups is 1. The first-order chi connectivity index (χ1) is 25.4. The van der Waals surface area contributed by atoms with Crippen LogP contribution in [0.3, 0.4) is 0 Å². The molecule has 0 aromatic carbocycles. The van der Waals surface area contributed by atoms with Crippen molar-refractivity contribution in [3.8, 4) is 0 Å². The highest BCUT2D eigenvalue weighted by molar-refractivity contribution is 7.47. The number of aliphatic hydroxyl groups is 6. The molecule has 0 bridgehead atoms. The van der Waals surface area contributed by atoms with Crippen molar-refractivity contribution >= 4 is 13.7 Å². The third-order valence-electron chi connectivity index (χ3n) is 10.3. The fraction of sp³-hybridized carbons (Fsp3) is 0.925. The molecule has 1 aliphatic rings. The molecule has 0 aromatic rings. The Morgan fingerprint density at radius 2 is 1.00 bits per heavy atom. The van der Waals surface area contributed by atoms with Gasteiger partial charge in [0.05, 0.1) is 18.8 Å². The van der Waals surface area contributed by atoms with Gasteiger partial charge in [-0.25, -0.2) is 4.57 Å². The minimum atomic E-state index is -5.07. The molecule has 1 saturated carbocycles. The van der Waals surface area contributed by atoms with Crippen LogP contribution in [0.2, 0.25) is 0 Å². The Morgan fingerprint density at radius 3 is 1.43 bits per heavy atom. The fourth-order valence-electron chi connectivity index (χ4n) is 6.78. The maximum Gasteiger partial charge on any atom is 0.472 e. The van der Waals surface area contributed by atoms with Gasteiger partial charge in [0.15, 0.2) is 0 Å². The van der Waals surface area contributed by atoms with Gasteiger partial charge in [-0.1, -0.05) is 167 Å². The summed E-state index contributed by atoms with van der Waals surface area (Å²) in [6.45, 7) is 3.80. The van der Waals surface area contributed by atoms with Gasteiger partial charge in [-0.15, -0.1) is 0 Å². The number of aliphatic hydroxyl groups excluding tert-OH is 6. The maximum absolute atomic E-state index is 12.8. The van der Waals surface area contributed by atoms with Crippen molar-refractivity contribution in [3.63, 3.8) is 0 Å². The number of hydrogen-bond acceptors (Lipinski definition) is 10. The molecule has 0 aromatic heterocycles. The molecule has 6 unspecified atom stereocenters. The molecule has 13 heteroatoms. The second kappa shape index (κ2) is 31.2. The molecule has 1 amide bonds. The van der Waals surface area contributed by atoms with E-state index in [2.05, 4.69) is 19.2 Å². The van der Waals surface area contributed by atoms with Gasteiger partial charge >= 0.3 is 7.82 Å². The van der Waals surface area contributed by atoms with Crippen LogP contribution in [-0.4, -0.2) is 96.8 Å². The van der Waals surface area contributed by atoms with E-state index in [4.69, 9.17) is 9.05 Å². The molecular formula is C40H78NO11P. The topological polar surface area (TPSA) is 206 Å². The van der Waals surface area contributed by atoms with Gasteiger partial charge in [0.25, 0.3) is 0 Å². The van der Waals surface area contributed by atoms with Crippen molar-refractivity contribution in [1.82, 2.24) is 5.32 Å². The van der Waals surface area contributed by atoms with Crippen molar-refractivity contribution in [3.05, 3.63) is 12.2 Å². The molecule has 8 N–H and O–H groups in total. The number of allylic oxidation sites excluding steroid dienone is 1. The third kappa shape index (κ3) is 23.7. The summed E-state index contributed by atoms with van der Waals surface area (Å²) >= 11 is 0. The number of amides is 1. The Bertz CT molecular complexity index is 957. The van der Waals surface area contributed by atoms with Gasteiger partial charge < -0.3 is 40.8 Å². The molecule has 1 aliphatic carbocycles. The predicted molar refractivity (Wildman–Crippen MR) is 209 cm³/mol. The Labute approximate surface area is 320 Å². The minimum absolute atomic E-state index is 0.217. The summed E-state index contributed by atoms with van der Waals surface area (Å²) in [5.41, 5.74) is 0. The summed E-state index contributed by atoms with van der Waals surface area (Å²) in [4.78, 5) is 23.2. The van der Waals surface area contributed by atoms with E-state index in [-0.39, 0.29) is 12.3 Å². The van der Waals surface area contributed by atoms with Crippen LogP contribution in [0.15, 0.2) is 12.2 Å². The number of phosphoric ester groups is 1. The average molecular weight is 780 g/mol. The van der Waals surface area contributed by atoms with Crippen LogP contribution in [0.4, 0.5) is 0 Å². The lowest BCUT2D eigenvalue weighted by atomic mass is 9.85. The number of carbonyl (C=O) groups excluding carboxylic acids is 1. The van der Waals surface area contributed by atoms with Gasteiger partial charge in [0.1, 0.15) is 36.6 Å². The standard InChI is InChI=1S/C40H78NO11P/c1-3-5-7-9-11-13-15-16-17-18-19-20-21-23-25-27-29-33(42)32(41-34(43)30-28-26-24-22-14-12-10-8-6-4-2)31-51-53(49,50)52-40-38(47)36(45)35(44)37(46)39(40)48/h27,29,32-33,35-40,42,44-48H,3-26,28,30-31H2,1-2H3,(H,41,43)(H,49,50)/b29-27+/t32-,33+,35?,36+,37?,38?,39?,40?/m0/s1. The molecule has 0 spiro atoms.